The third-order valence-electron chi connectivity index (χ3n) is 3.25. The SMILES string of the molecule is CN(C)S(=O)(=O)c1ccc(-c2cnn(CC(F)=CCN)c2)cc1. The third-order valence-corrected chi connectivity index (χ3v) is 5.08. The Bertz CT molecular complexity index is 795. The second-order valence-electron chi connectivity index (χ2n) is 5.13. The zero-order valence-corrected chi connectivity index (χ0v) is 13.8. The van der Waals surface area contributed by atoms with E-state index < -0.39 is 10.0 Å². The molecule has 124 valence electrons. The van der Waals surface area contributed by atoms with Crippen LogP contribution in [0.5, 0.6) is 0 Å². The minimum Gasteiger partial charge on any atom is -0.327 e. The quantitative estimate of drug-likeness (QED) is 0.868. The van der Waals surface area contributed by atoms with Gasteiger partial charge in [0.05, 0.1) is 17.6 Å². The first-order chi connectivity index (χ1) is 10.8. The maximum atomic E-state index is 13.4. The van der Waals surface area contributed by atoms with Crippen LogP contribution in [-0.4, -0.2) is 43.1 Å². The summed E-state index contributed by atoms with van der Waals surface area (Å²) in [5, 5.41) is 4.08. The first kappa shape index (κ1) is 17.3. The average Bonchev–Trinajstić information content (AvgIpc) is 2.96. The fourth-order valence-corrected chi connectivity index (χ4v) is 2.88. The Hall–Kier alpha value is -2.03. The molecule has 1 aromatic carbocycles. The molecule has 0 aliphatic heterocycles. The lowest BCUT2D eigenvalue weighted by molar-refractivity contribution is 0.520. The lowest BCUT2D eigenvalue weighted by atomic mass is 10.1. The predicted octanol–water partition coefficient (Wildman–Crippen LogP) is 1.61. The fourth-order valence-electron chi connectivity index (χ4n) is 1.98. The number of nitrogens with two attached hydrogens (primary N) is 1. The van der Waals surface area contributed by atoms with Crippen molar-refractivity contribution in [3.8, 4) is 11.1 Å². The van der Waals surface area contributed by atoms with Crippen LogP contribution in [-0.2, 0) is 16.6 Å². The molecular formula is C15H19FN4O2S. The van der Waals surface area contributed by atoms with Crippen LogP contribution in [0.25, 0.3) is 11.1 Å². The van der Waals surface area contributed by atoms with E-state index in [1.165, 1.54) is 37.0 Å². The van der Waals surface area contributed by atoms with Crippen LogP contribution in [0.4, 0.5) is 4.39 Å². The first-order valence-electron chi connectivity index (χ1n) is 6.94. The number of halogens is 1. The largest absolute Gasteiger partial charge is 0.327 e. The molecule has 0 radical (unpaired) electrons. The highest BCUT2D eigenvalue weighted by Crippen LogP contribution is 2.22. The van der Waals surface area contributed by atoms with Gasteiger partial charge in [0.2, 0.25) is 10.0 Å². The van der Waals surface area contributed by atoms with Crippen LogP contribution in [0, 0.1) is 0 Å². The van der Waals surface area contributed by atoms with Crippen molar-refractivity contribution < 1.29 is 12.8 Å². The van der Waals surface area contributed by atoms with Crippen LogP contribution >= 0.6 is 0 Å². The van der Waals surface area contributed by atoms with E-state index in [1.54, 1.807) is 24.5 Å². The van der Waals surface area contributed by atoms with Gasteiger partial charge in [0.15, 0.2) is 0 Å². The summed E-state index contributed by atoms with van der Waals surface area (Å²) in [6.07, 6.45) is 4.59. The van der Waals surface area contributed by atoms with Crippen LogP contribution in [0.15, 0.2) is 53.5 Å². The lowest BCUT2D eigenvalue weighted by Crippen LogP contribution is -2.22. The Morgan fingerprint density at radius 1 is 1.30 bits per heavy atom. The predicted molar refractivity (Wildman–Crippen MR) is 86.8 cm³/mol. The van der Waals surface area contributed by atoms with Crippen molar-refractivity contribution in [3.63, 3.8) is 0 Å². The molecule has 0 saturated heterocycles. The van der Waals surface area contributed by atoms with E-state index in [2.05, 4.69) is 5.10 Å². The topological polar surface area (TPSA) is 81.2 Å². The summed E-state index contributed by atoms with van der Waals surface area (Å²) < 4.78 is 40.1. The number of nitrogens with zero attached hydrogens (tertiary/aromatic N) is 3. The molecule has 0 spiro atoms. The molecule has 23 heavy (non-hydrogen) atoms. The van der Waals surface area contributed by atoms with Gasteiger partial charge in [-0.05, 0) is 23.8 Å². The third kappa shape index (κ3) is 4.04. The summed E-state index contributed by atoms with van der Waals surface area (Å²) >= 11 is 0. The van der Waals surface area contributed by atoms with Crippen molar-refractivity contribution >= 4 is 10.0 Å². The van der Waals surface area contributed by atoms with Gasteiger partial charge in [-0.1, -0.05) is 12.1 Å². The van der Waals surface area contributed by atoms with Crippen molar-refractivity contribution in [3.05, 3.63) is 48.6 Å². The van der Waals surface area contributed by atoms with Gasteiger partial charge < -0.3 is 5.73 Å². The van der Waals surface area contributed by atoms with Gasteiger partial charge >= 0.3 is 0 Å². The normalized spacial score (nSPS) is 12.8. The van der Waals surface area contributed by atoms with Gasteiger partial charge in [-0.25, -0.2) is 17.1 Å². The van der Waals surface area contributed by atoms with Gasteiger partial charge in [0, 0.05) is 32.4 Å². The average molecular weight is 338 g/mol. The summed E-state index contributed by atoms with van der Waals surface area (Å²) in [6.45, 7) is 0.159. The van der Waals surface area contributed by atoms with Gasteiger partial charge in [-0.2, -0.15) is 5.10 Å². The molecule has 2 N–H and O–H groups in total. The molecule has 0 atom stereocenters. The minimum atomic E-state index is -3.45. The molecule has 0 bridgehead atoms. The molecule has 6 nitrogen and oxygen atoms in total. The van der Waals surface area contributed by atoms with Gasteiger partial charge in [0.25, 0.3) is 0 Å². The van der Waals surface area contributed by atoms with E-state index in [4.69, 9.17) is 5.73 Å². The molecule has 2 rings (SSSR count). The second-order valence-corrected chi connectivity index (χ2v) is 7.28. The number of benzene rings is 1. The van der Waals surface area contributed by atoms with Crippen molar-refractivity contribution in [2.75, 3.05) is 20.6 Å². The van der Waals surface area contributed by atoms with Crippen molar-refractivity contribution in [1.29, 1.82) is 0 Å². The Kier molecular flexibility index (Phi) is 5.30. The number of allylic oxidation sites excluding steroid dienone is 1. The molecular weight excluding hydrogens is 319 g/mol. The Morgan fingerprint density at radius 2 is 1.96 bits per heavy atom. The zero-order chi connectivity index (χ0) is 17.0. The fraction of sp³-hybridized carbons (Fsp3) is 0.267. The zero-order valence-electron chi connectivity index (χ0n) is 13.0. The monoisotopic (exact) mass is 338 g/mol. The van der Waals surface area contributed by atoms with E-state index in [-0.39, 0.29) is 23.8 Å². The van der Waals surface area contributed by atoms with Crippen molar-refractivity contribution in [2.45, 2.75) is 11.4 Å². The van der Waals surface area contributed by atoms with Crippen LogP contribution in [0.3, 0.4) is 0 Å². The van der Waals surface area contributed by atoms with Crippen LogP contribution in [0.2, 0.25) is 0 Å². The molecule has 1 aromatic heterocycles. The second kappa shape index (κ2) is 7.03. The minimum absolute atomic E-state index is 0.0181. The summed E-state index contributed by atoms with van der Waals surface area (Å²) in [5.74, 6) is -0.352. The molecule has 0 amide bonds. The molecule has 8 heteroatoms. The number of hydrogen-bond donors (Lipinski definition) is 1. The standard InChI is InChI=1S/C15H19FN4O2S/c1-19(2)23(21,22)15-5-3-12(4-6-15)13-9-18-20(10-13)11-14(16)7-8-17/h3-7,9-10H,8,11,17H2,1-2H3. The van der Waals surface area contributed by atoms with E-state index >= 15 is 0 Å². The molecule has 0 fully saturated rings. The Labute approximate surface area is 135 Å². The summed E-state index contributed by atoms with van der Waals surface area (Å²) in [4.78, 5) is 0.218. The van der Waals surface area contributed by atoms with Crippen molar-refractivity contribution in [1.82, 2.24) is 14.1 Å². The summed E-state index contributed by atoms with van der Waals surface area (Å²) in [7, 11) is -0.484. The first-order valence-corrected chi connectivity index (χ1v) is 8.38. The van der Waals surface area contributed by atoms with Crippen LogP contribution < -0.4 is 5.73 Å². The van der Waals surface area contributed by atoms with Crippen molar-refractivity contribution in [2.24, 2.45) is 5.73 Å². The van der Waals surface area contributed by atoms with Crippen LogP contribution in [0.1, 0.15) is 0 Å². The molecule has 0 aliphatic carbocycles. The molecule has 1 heterocycles. The molecule has 0 saturated carbocycles. The highest BCUT2D eigenvalue weighted by Gasteiger charge is 2.16. The highest BCUT2D eigenvalue weighted by molar-refractivity contribution is 7.89. The maximum Gasteiger partial charge on any atom is 0.242 e. The summed E-state index contributed by atoms with van der Waals surface area (Å²) in [5.41, 5.74) is 6.83. The summed E-state index contributed by atoms with van der Waals surface area (Å²) in [6, 6.07) is 6.47. The lowest BCUT2D eigenvalue weighted by Gasteiger charge is -2.11. The number of sulfonamides is 1. The highest BCUT2D eigenvalue weighted by atomic mass is 32.2. The van der Waals surface area contributed by atoms with Gasteiger partial charge in [0.1, 0.15) is 5.83 Å². The Balaban J connectivity index is 2.21. The van der Waals surface area contributed by atoms with Gasteiger partial charge in [-0.15, -0.1) is 0 Å². The molecule has 0 aliphatic rings. The molecule has 0 unspecified atom stereocenters. The number of rotatable bonds is 6. The Morgan fingerprint density at radius 3 is 2.52 bits per heavy atom. The number of aromatic nitrogens is 2. The van der Waals surface area contributed by atoms with Gasteiger partial charge in [-0.3, -0.25) is 4.68 Å². The number of hydrogen-bond acceptors (Lipinski definition) is 4. The molecule has 2 aromatic rings. The van der Waals surface area contributed by atoms with E-state index in [1.807, 2.05) is 0 Å². The van der Waals surface area contributed by atoms with E-state index in [9.17, 15) is 12.8 Å². The maximum absolute atomic E-state index is 13.4. The smallest absolute Gasteiger partial charge is 0.242 e. The van der Waals surface area contributed by atoms with E-state index in [0.717, 1.165) is 15.4 Å². The van der Waals surface area contributed by atoms with E-state index in [0.29, 0.717) is 0 Å².